The van der Waals surface area contributed by atoms with Crippen molar-refractivity contribution in [2.75, 3.05) is 16.8 Å². The predicted molar refractivity (Wildman–Crippen MR) is 150 cm³/mol. The minimum absolute atomic E-state index is 0.0142. The summed E-state index contributed by atoms with van der Waals surface area (Å²) in [7, 11) is 0. The fourth-order valence-corrected chi connectivity index (χ4v) is 4.97. The van der Waals surface area contributed by atoms with Crippen molar-refractivity contribution >= 4 is 34.6 Å². The average molecular weight is 547 g/mol. The maximum Gasteiger partial charge on any atom is 0.310 e. The Kier molecular flexibility index (Phi) is 7.84. The van der Waals surface area contributed by atoms with Crippen molar-refractivity contribution in [1.29, 1.82) is 0 Å². The van der Waals surface area contributed by atoms with Gasteiger partial charge in [0, 0.05) is 28.9 Å². The van der Waals surface area contributed by atoms with Gasteiger partial charge in [0.2, 0.25) is 0 Å². The number of anilines is 3. The second kappa shape index (κ2) is 11.5. The van der Waals surface area contributed by atoms with Crippen LogP contribution < -0.4 is 10.2 Å². The number of aliphatic hydroxyl groups is 2. The number of nitrogens with zero attached hydrogens (tertiary/aromatic N) is 1. The van der Waals surface area contributed by atoms with Gasteiger partial charge >= 0.3 is 5.97 Å². The molecule has 200 valence electrons. The first-order valence-corrected chi connectivity index (χ1v) is 13.0. The van der Waals surface area contributed by atoms with Crippen LogP contribution in [0.25, 0.3) is 0 Å². The Morgan fingerprint density at radius 3 is 2.33 bits per heavy atom. The number of carbonyl (C=O) groups is 1. The van der Waals surface area contributed by atoms with E-state index < -0.39 is 24.2 Å². The van der Waals surface area contributed by atoms with E-state index in [4.69, 9.17) is 16.3 Å². The van der Waals surface area contributed by atoms with Gasteiger partial charge in [-0.2, -0.15) is 0 Å². The average Bonchev–Trinajstić information content (AvgIpc) is 3.17. The van der Waals surface area contributed by atoms with Gasteiger partial charge in [0.05, 0.1) is 23.7 Å². The molecule has 1 aliphatic heterocycles. The van der Waals surface area contributed by atoms with Crippen molar-refractivity contribution in [3.63, 3.8) is 0 Å². The molecule has 2 unspecified atom stereocenters. The summed E-state index contributed by atoms with van der Waals surface area (Å²) in [5.41, 5.74) is 5.36. The van der Waals surface area contributed by atoms with Crippen LogP contribution in [0.2, 0.25) is 5.02 Å². The van der Waals surface area contributed by atoms with Crippen LogP contribution in [0.4, 0.5) is 21.5 Å². The van der Waals surface area contributed by atoms with Gasteiger partial charge in [-0.15, -0.1) is 0 Å². The number of nitrogens with one attached hydrogen (secondary N) is 1. The number of ether oxygens (including phenoxy) is 1. The van der Waals surface area contributed by atoms with Gasteiger partial charge in [-0.25, -0.2) is 4.39 Å². The highest BCUT2D eigenvalue weighted by Crippen LogP contribution is 2.42. The summed E-state index contributed by atoms with van der Waals surface area (Å²) in [6, 6.07) is 24.6. The monoisotopic (exact) mass is 546 g/mol. The number of carbonyl (C=O) groups excluding carboxylic acids is 1. The molecule has 3 N–H and O–H groups in total. The Labute approximate surface area is 231 Å². The van der Waals surface area contributed by atoms with Crippen molar-refractivity contribution in [2.24, 2.45) is 0 Å². The van der Waals surface area contributed by atoms with Gasteiger partial charge in [0.1, 0.15) is 5.82 Å². The first-order valence-electron chi connectivity index (χ1n) is 12.6. The van der Waals surface area contributed by atoms with Crippen molar-refractivity contribution < 1.29 is 24.1 Å². The molecule has 0 spiro atoms. The Balaban J connectivity index is 1.18. The number of hydrogen-bond acceptors (Lipinski definition) is 6. The molecule has 0 aromatic heterocycles. The molecule has 0 radical (unpaired) electrons. The second-order valence-electron chi connectivity index (χ2n) is 9.48. The summed E-state index contributed by atoms with van der Waals surface area (Å²) in [6.45, 7) is 2.10. The molecule has 4 aromatic rings. The van der Waals surface area contributed by atoms with E-state index in [2.05, 4.69) is 5.32 Å². The molecule has 0 aliphatic carbocycles. The SMILES string of the molecule is Cc1ccc(Nc2c(F)cccc2Cl)c(CC(=O)OCCc2ccc(N3C(O)c4ccccc4C3O)cc2)c1. The molecule has 5 rings (SSSR count). The van der Waals surface area contributed by atoms with Gasteiger partial charge in [-0.05, 0) is 48.4 Å². The Morgan fingerprint density at radius 2 is 1.67 bits per heavy atom. The molecular formula is C31H28ClFN2O4. The molecule has 0 saturated heterocycles. The maximum atomic E-state index is 14.3. The van der Waals surface area contributed by atoms with Crippen LogP contribution in [-0.2, 0) is 22.4 Å². The third kappa shape index (κ3) is 5.76. The van der Waals surface area contributed by atoms with E-state index in [0.29, 0.717) is 34.5 Å². The van der Waals surface area contributed by atoms with Crippen LogP contribution in [0, 0.1) is 12.7 Å². The first kappa shape index (κ1) is 26.7. The largest absolute Gasteiger partial charge is 0.465 e. The fourth-order valence-electron chi connectivity index (χ4n) is 4.76. The quantitative estimate of drug-likeness (QED) is 0.223. The Bertz CT molecular complexity index is 1450. The van der Waals surface area contributed by atoms with E-state index in [1.54, 1.807) is 29.2 Å². The first-order chi connectivity index (χ1) is 18.8. The van der Waals surface area contributed by atoms with Crippen LogP contribution >= 0.6 is 11.6 Å². The number of rotatable bonds is 8. The van der Waals surface area contributed by atoms with E-state index in [9.17, 15) is 19.4 Å². The van der Waals surface area contributed by atoms with Crippen LogP contribution in [0.3, 0.4) is 0 Å². The van der Waals surface area contributed by atoms with E-state index in [0.717, 1.165) is 11.1 Å². The number of benzene rings is 4. The summed E-state index contributed by atoms with van der Waals surface area (Å²) < 4.78 is 19.8. The van der Waals surface area contributed by atoms with Gasteiger partial charge in [-0.3, -0.25) is 4.79 Å². The van der Waals surface area contributed by atoms with Gasteiger partial charge < -0.3 is 25.2 Å². The third-order valence-corrected chi connectivity index (χ3v) is 7.10. The predicted octanol–water partition coefficient (Wildman–Crippen LogP) is 6.36. The van der Waals surface area contributed by atoms with Crippen molar-refractivity contribution in [2.45, 2.75) is 32.2 Å². The highest BCUT2D eigenvalue weighted by atomic mass is 35.5. The zero-order chi connectivity index (χ0) is 27.5. The minimum Gasteiger partial charge on any atom is -0.465 e. The number of para-hydroxylation sites is 1. The number of fused-ring (bicyclic) bond motifs is 1. The van der Waals surface area contributed by atoms with E-state index in [-0.39, 0.29) is 23.7 Å². The summed E-state index contributed by atoms with van der Waals surface area (Å²) in [5, 5.41) is 24.6. The smallest absolute Gasteiger partial charge is 0.310 e. The topological polar surface area (TPSA) is 82.0 Å². The number of aliphatic hydroxyl groups excluding tert-OH is 2. The summed E-state index contributed by atoms with van der Waals surface area (Å²) in [6.07, 6.45) is -1.35. The summed E-state index contributed by atoms with van der Waals surface area (Å²) in [5.74, 6) is -0.887. The molecule has 4 aromatic carbocycles. The molecule has 0 bridgehead atoms. The molecule has 1 aliphatic rings. The van der Waals surface area contributed by atoms with Gasteiger partial charge in [0.15, 0.2) is 12.5 Å². The number of aryl methyl sites for hydroxylation is 1. The van der Waals surface area contributed by atoms with E-state index >= 15 is 0 Å². The molecule has 0 amide bonds. The van der Waals surface area contributed by atoms with E-state index in [1.165, 1.54) is 12.1 Å². The molecule has 2 atom stereocenters. The molecule has 39 heavy (non-hydrogen) atoms. The molecular weight excluding hydrogens is 519 g/mol. The summed E-state index contributed by atoms with van der Waals surface area (Å²) >= 11 is 6.16. The number of esters is 1. The Hall–Kier alpha value is -3.91. The zero-order valence-corrected chi connectivity index (χ0v) is 22.0. The normalized spacial score (nSPS) is 16.2. The lowest BCUT2D eigenvalue weighted by Gasteiger charge is -2.26. The molecule has 6 nitrogen and oxygen atoms in total. The van der Waals surface area contributed by atoms with Crippen LogP contribution in [0.15, 0.2) is 84.9 Å². The van der Waals surface area contributed by atoms with Gasteiger partial charge in [-0.1, -0.05) is 71.8 Å². The van der Waals surface area contributed by atoms with Crippen molar-refractivity contribution in [1.82, 2.24) is 0 Å². The lowest BCUT2D eigenvalue weighted by atomic mass is 10.1. The highest BCUT2D eigenvalue weighted by molar-refractivity contribution is 6.33. The van der Waals surface area contributed by atoms with E-state index in [1.807, 2.05) is 55.5 Å². The van der Waals surface area contributed by atoms with Gasteiger partial charge in [0.25, 0.3) is 0 Å². The molecule has 0 fully saturated rings. The lowest BCUT2D eigenvalue weighted by molar-refractivity contribution is -0.142. The van der Waals surface area contributed by atoms with Crippen LogP contribution in [-0.4, -0.2) is 22.8 Å². The minimum atomic E-state index is -0.932. The second-order valence-corrected chi connectivity index (χ2v) is 9.89. The van der Waals surface area contributed by atoms with Crippen molar-refractivity contribution in [3.8, 4) is 0 Å². The van der Waals surface area contributed by atoms with Crippen LogP contribution in [0.5, 0.6) is 0 Å². The highest BCUT2D eigenvalue weighted by Gasteiger charge is 2.36. The lowest BCUT2D eigenvalue weighted by Crippen LogP contribution is -2.25. The zero-order valence-electron chi connectivity index (χ0n) is 21.3. The van der Waals surface area contributed by atoms with Crippen molar-refractivity contribution in [3.05, 3.63) is 124 Å². The number of hydrogen-bond donors (Lipinski definition) is 3. The van der Waals surface area contributed by atoms with Crippen LogP contribution in [0.1, 0.15) is 40.3 Å². The number of halogens is 2. The molecule has 1 heterocycles. The standard InChI is InChI=1S/C31H28ClFN2O4/c1-19-9-14-27(34-29-25(32)7-4-8-26(29)33)21(17-19)18-28(36)39-16-15-20-10-12-22(13-11-20)35-30(37)23-5-2-3-6-24(23)31(35)38/h2-14,17,30-31,34,37-38H,15-16,18H2,1H3. The summed E-state index contributed by atoms with van der Waals surface area (Å²) in [4.78, 5) is 14.2. The Morgan fingerprint density at radius 1 is 0.974 bits per heavy atom. The molecule has 8 heteroatoms. The molecule has 0 saturated carbocycles. The fraction of sp³-hybridized carbons (Fsp3) is 0.194. The maximum absolute atomic E-state index is 14.3. The third-order valence-electron chi connectivity index (χ3n) is 6.79.